The summed E-state index contributed by atoms with van der Waals surface area (Å²) in [6.45, 7) is 0. The van der Waals surface area contributed by atoms with Gasteiger partial charge in [-0.2, -0.15) is 0 Å². The molecule has 0 fully saturated rings. The number of carboxylic acids is 1. The average Bonchev–Trinajstić information content (AvgIpc) is 2.32. The summed E-state index contributed by atoms with van der Waals surface area (Å²) in [4.78, 5) is 24.3. The minimum absolute atomic E-state index is 0.212. The third-order valence-corrected chi connectivity index (χ3v) is 2.37. The topological polar surface area (TPSA) is 70.2 Å². The molecule has 0 aliphatic carbocycles. The van der Waals surface area contributed by atoms with Crippen molar-refractivity contribution in [2.75, 3.05) is 0 Å². The van der Waals surface area contributed by atoms with Crippen LogP contribution in [0.2, 0.25) is 0 Å². The first-order valence-electron chi connectivity index (χ1n) is 4.91. The van der Waals surface area contributed by atoms with Crippen molar-refractivity contribution in [1.29, 1.82) is 0 Å². The van der Waals surface area contributed by atoms with Gasteiger partial charge in [-0.15, -0.1) is 0 Å². The molecular weight excluding hydrogens is 244 g/mol. The fraction of sp³-hybridized carbons (Fsp3) is 0. The van der Waals surface area contributed by atoms with Gasteiger partial charge < -0.3 is 10.1 Å². The van der Waals surface area contributed by atoms with Crippen LogP contribution in [-0.2, 0) is 0 Å². The predicted molar refractivity (Wildman–Crippen MR) is 59.4 cm³/mol. The lowest BCUT2D eigenvalue weighted by Crippen LogP contribution is -2.17. The number of aromatic carboxylic acids is 1. The van der Waals surface area contributed by atoms with E-state index in [4.69, 9.17) is 5.11 Å². The molecule has 0 bridgehead atoms. The minimum Gasteiger partial charge on any atom is -0.477 e. The molecule has 0 saturated heterocycles. The summed E-state index contributed by atoms with van der Waals surface area (Å²) in [5, 5.41) is 8.68. The van der Waals surface area contributed by atoms with Gasteiger partial charge in [0.05, 0.1) is 0 Å². The zero-order chi connectivity index (χ0) is 13.3. The highest BCUT2D eigenvalue weighted by atomic mass is 19.2. The third kappa shape index (κ3) is 2.13. The first-order chi connectivity index (χ1) is 8.49. The van der Waals surface area contributed by atoms with Gasteiger partial charge in [0, 0.05) is 11.3 Å². The van der Waals surface area contributed by atoms with Crippen LogP contribution >= 0.6 is 0 Å². The van der Waals surface area contributed by atoms with Gasteiger partial charge in [0.25, 0.3) is 5.56 Å². The van der Waals surface area contributed by atoms with Crippen LogP contribution in [0.1, 0.15) is 10.4 Å². The van der Waals surface area contributed by atoms with E-state index in [1.165, 1.54) is 12.1 Å². The van der Waals surface area contributed by atoms with Gasteiger partial charge in [-0.3, -0.25) is 4.79 Å². The molecule has 2 aromatic rings. The molecule has 92 valence electrons. The van der Waals surface area contributed by atoms with E-state index in [-0.39, 0.29) is 11.3 Å². The second kappa shape index (κ2) is 4.40. The number of H-pyrrole nitrogens is 1. The minimum atomic E-state index is -1.35. The number of carbonyl (C=O) groups is 1. The Kier molecular flexibility index (Phi) is 2.93. The first-order valence-corrected chi connectivity index (χ1v) is 4.91. The van der Waals surface area contributed by atoms with Gasteiger partial charge in [-0.1, -0.05) is 0 Å². The van der Waals surface area contributed by atoms with Gasteiger partial charge in [-0.05, 0) is 30.3 Å². The molecule has 4 nitrogen and oxygen atoms in total. The largest absolute Gasteiger partial charge is 0.477 e. The number of hydrogen-bond donors (Lipinski definition) is 2. The summed E-state index contributed by atoms with van der Waals surface area (Å²) in [5.41, 5.74) is -0.752. The molecule has 18 heavy (non-hydrogen) atoms. The van der Waals surface area contributed by atoms with Crippen LogP contribution in [0.15, 0.2) is 35.1 Å². The highest BCUT2D eigenvalue weighted by Crippen LogP contribution is 2.18. The summed E-state index contributed by atoms with van der Waals surface area (Å²) in [5.74, 6) is -3.40. The number of pyridine rings is 1. The van der Waals surface area contributed by atoms with E-state index < -0.39 is 28.7 Å². The Morgan fingerprint density at radius 3 is 2.39 bits per heavy atom. The second-order valence-electron chi connectivity index (χ2n) is 3.55. The Balaban J connectivity index is 2.52. The number of hydrogen-bond acceptors (Lipinski definition) is 2. The number of aromatic nitrogens is 1. The molecule has 2 N–H and O–H groups in total. The molecule has 0 radical (unpaired) electrons. The summed E-state index contributed by atoms with van der Waals surface area (Å²) < 4.78 is 25.8. The molecule has 0 amide bonds. The van der Waals surface area contributed by atoms with Crippen LogP contribution in [0.5, 0.6) is 0 Å². The lowest BCUT2D eigenvalue weighted by Gasteiger charge is -2.03. The van der Waals surface area contributed by atoms with Gasteiger partial charge in [0.1, 0.15) is 5.56 Å². The SMILES string of the molecule is O=C(O)c1ccc(-c2ccc(F)c(F)c2)[nH]c1=O. The van der Waals surface area contributed by atoms with Crippen molar-refractivity contribution >= 4 is 5.97 Å². The molecule has 2 rings (SSSR count). The Morgan fingerprint density at radius 1 is 1.11 bits per heavy atom. The molecule has 0 atom stereocenters. The zero-order valence-electron chi connectivity index (χ0n) is 8.91. The van der Waals surface area contributed by atoms with Gasteiger partial charge in [-0.25, -0.2) is 13.6 Å². The molecular formula is C12H7F2NO3. The summed E-state index contributed by atoms with van der Waals surface area (Å²) in [6.07, 6.45) is 0. The van der Waals surface area contributed by atoms with E-state index in [1.807, 2.05) is 0 Å². The second-order valence-corrected chi connectivity index (χ2v) is 3.55. The molecule has 1 aromatic carbocycles. The average molecular weight is 251 g/mol. The Labute approximate surface area is 99.5 Å². The van der Waals surface area contributed by atoms with Crippen LogP contribution in [0, 0.1) is 11.6 Å². The van der Waals surface area contributed by atoms with Crippen molar-refractivity contribution in [3.63, 3.8) is 0 Å². The van der Waals surface area contributed by atoms with E-state index in [9.17, 15) is 18.4 Å². The molecule has 0 aliphatic heterocycles. The lowest BCUT2D eigenvalue weighted by molar-refractivity contribution is 0.0695. The van der Waals surface area contributed by atoms with Crippen molar-refractivity contribution in [1.82, 2.24) is 4.98 Å². The number of aromatic amines is 1. The van der Waals surface area contributed by atoms with Crippen molar-refractivity contribution in [2.45, 2.75) is 0 Å². The molecule has 0 unspecified atom stereocenters. The Hall–Kier alpha value is -2.50. The highest BCUT2D eigenvalue weighted by Gasteiger charge is 2.10. The van der Waals surface area contributed by atoms with E-state index >= 15 is 0 Å². The van der Waals surface area contributed by atoms with Crippen molar-refractivity contribution in [2.24, 2.45) is 0 Å². The molecule has 0 saturated carbocycles. The highest BCUT2D eigenvalue weighted by molar-refractivity contribution is 5.87. The number of benzene rings is 1. The van der Waals surface area contributed by atoms with Gasteiger partial charge in [0.2, 0.25) is 0 Å². The van der Waals surface area contributed by atoms with E-state index in [2.05, 4.69) is 4.98 Å². The normalized spacial score (nSPS) is 10.3. The lowest BCUT2D eigenvalue weighted by atomic mass is 10.1. The van der Waals surface area contributed by atoms with Crippen molar-refractivity contribution in [3.8, 4) is 11.3 Å². The van der Waals surface area contributed by atoms with Crippen LogP contribution in [-0.4, -0.2) is 16.1 Å². The molecule has 0 spiro atoms. The standard InChI is InChI=1S/C12H7F2NO3/c13-8-3-1-6(5-9(8)14)10-4-2-7(12(17)18)11(16)15-10/h1-5H,(H,15,16)(H,17,18). The van der Waals surface area contributed by atoms with Gasteiger partial charge in [0.15, 0.2) is 11.6 Å². The molecule has 6 heteroatoms. The van der Waals surface area contributed by atoms with Crippen LogP contribution in [0.4, 0.5) is 8.78 Å². The quantitative estimate of drug-likeness (QED) is 0.857. The van der Waals surface area contributed by atoms with E-state index in [0.29, 0.717) is 0 Å². The van der Waals surface area contributed by atoms with E-state index in [1.54, 1.807) is 0 Å². The maximum Gasteiger partial charge on any atom is 0.341 e. The van der Waals surface area contributed by atoms with Crippen molar-refractivity contribution < 1.29 is 18.7 Å². The monoisotopic (exact) mass is 251 g/mol. The summed E-state index contributed by atoms with van der Waals surface area (Å²) in [7, 11) is 0. The molecule has 0 aliphatic rings. The smallest absolute Gasteiger partial charge is 0.341 e. The summed E-state index contributed by atoms with van der Waals surface area (Å²) >= 11 is 0. The Morgan fingerprint density at radius 2 is 1.83 bits per heavy atom. The number of rotatable bonds is 2. The fourth-order valence-electron chi connectivity index (χ4n) is 1.47. The van der Waals surface area contributed by atoms with Crippen LogP contribution in [0.25, 0.3) is 11.3 Å². The maximum atomic E-state index is 13.0. The number of nitrogens with one attached hydrogen (secondary N) is 1. The Bertz CT molecular complexity index is 679. The molecule has 1 heterocycles. The number of carboxylic acid groups (broad SMARTS) is 1. The summed E-state index contributed by atoms with van der Waals surface area (Å²) in [6, 6.07) is 5.55. The third-order valence-electron chi connectivity index (χ3n) is 2.37. The van der Waals surface area contributed by atoms with E-state index in [0.717, 1.165) is 18.2 Å². The first kappa shape index (κ1) is 12.0. The number of halogens is 2. The predicted octanol–water partition coefficient (Wildman–Crippen LogP) is 2.02. The maximum absolute atomic E-state index is 13.0. The van der Waals surface area contributed by atoms with Crippen LogP contribution in [0.3, 0.4) is 0 Å². The van der Waals surface area contributed by atoms with Crippen LogP contribution < -0.4 is 5.56 Å². The fourth-order valence-corrected chi connectivity index (χ4v) is 1.47. The zero-order valence-corrected chi connectivity index (χ0v) is 8.91. The van der Waals surface area contributed by atoms with Crippen molar-refractivity contribution in [3.05, 3.63) is 57.9 Å². The molecule has 1 aromatic heterocycles. The van der Waals surface area contributed by atoms with Gasteiger partial charge >= 0.3 is 5.97 Å².